The van der Waals surface area contributed by atoms with Gasteiger partial charge >= 0.3 is 0 Å². The fourth-order valence-corrected chi connectivity index (χ4v) is 2.70. The van der Waals surface area contributed by atoms with Crippen molar-refractivity contribution in [3.8, 4) is 0 Å². The molecular formula is C15H24N4O. The molecule has 1 saturated heterocycles. The Morgan fingerprint density at radius 1 is 1.35 bits per heavy atom. The van der Waals surface area contributed by atoms with Crippen LogP contribution in [0.1, 0.15) is 23.2 Å². The predicted octanol–water partition coefficient (Wildman–Crippen LogP) is 1.26. The number of hydrogen-bond acceptors (Lipinski definition) is 4. The Morgan fingerprint density at radius 3 is 2.60 bits per heavy atom. The van der Waals surface area contributed by atoms with E-state index in [1.54, 1.807) is 23.1 Å². The summed E-state index contributed by atoms with van der Waals surface area (Å²) in [4.78, 5) is 16.5. The molecule has 0 aliphatic carbocycles. The lowest BCUT2D eigenvalue weighted by atomic mass is 9.96. The van der Waals surface area contributed by atoms with E-state index in [1.807, 2.05) is 7.05 Å². The van der Waals surface area contributed by atoms with Crippen molar-refractivity contribution < 1.29 is 4.79 Å². The average molecular weight is 276 g/mol. The first kappa shape index (κ1) is 14.7. The fraction of sp³-hybridized carbons (Fsp3) is 0.533. The Balaban J connectivity index is 1.98. The van der Waals surface area contributed by atoms with E-state index >= 15 is 0 Å². The van der Waals surface area contributed by atoms with Gasteiger partial charge in [-0.3, -0.25) is 4.79 Å². The van der Waals surface area contributed by atoms with E-state index in [1.165, 1.54) is 0 Å². The lowest BCUT2D eigenvalue weighted by molar-refractivity contribution is 0.0748. The Labute approximate surface area is 120 Å². The number of anilines is 2. The number of hydrogen-bond donors (Lipinski definition) is 2. The number of carbonyl (C=O) groups excluding carboxylic acids is 1. The molecule has 1 aromatic carbocycles. The third kappa shape index (κ3) is 3.42. The zero-order valence-electron chi connectivity index (χ0n) is 12.3. The second-order valence-corrected chi connectivity index (χ2v) is 5.78. The summed E-state index contributed by atoms with van der Waals surface area (Å²) in [5, 5.41) is 0. The summed E-state index contributed by atoms with van der Waals surface area (Å²) in [7, 11) is 3.98. The molecule has 5 heteroatoms. The molecule has 5 nitrogen and oxygen atoms in total. The summed E-state index contributed by atoms with van der Waals surface area (Å²) in [6.07, 6.45) is 2.29. The van der Waals surface area contributed by atoms with Gasteiger partial charge in [0.15, 0.2) is 0 Å². The first-order valence-corrected chi connectivity index (χ1v) is 7.06. The summed E-state index contributed by atoms with van der Waals surface area (Å²) in [6, 6.07) is 5.06. The molecule has 110 valence electrons. The molecule has 0 atom stereocenters. The molecule has 20 heavy (non-hydrogen) atoms. The van der Waals surface area contributed by atoms with Gasteiger partial charge in [-0.25, -0.2) is 0 Å². The van der Waals surface area contributed by atoms with Crippen molar-refractivity contribution in [2.45, 2.75) is 12.8 Å². The van der Waals surface area contributed by atoms with Gasteiger partial charge < -0.3 is 21.3 Å². The van der Waals surface area contributed by atoms with Gasteiger partial charge in [-0.15, -0.1) is 0 Å². The second kappa shape index (κ2) is 6.13. The average Bonchev–Trinajstić information content (AvgIpc) is 2.40. The van der Waals surface area contributed by atoms with Gasteiger partial charge in [0.25, 0.3) is 5.91 Å². The second-order valence-electron chi connectivity index (χ2n) is 5.78. The van der Waals surface area contributed by atoms with E-state index in [2.05, 4.69) is 11.9 Å². The van der Waals surface area contributed by atoms with Crippen LogP contribution in [0.3, 0.4) is 0 Å². The van der Waals surface area contributed by atoms with Crippen molar-refractivity contribution in [2.75, 3.05) is 45.2 Å². The number of carbonyl (C=O) groups is 1. The van der Waals surface area contributed by atoms with Crippen LogP contribution < -0.4 is 11.5 Å². The van der Waals surface area contributed by atoms with Gasteiger partial charge in [0.1, 0.15) is 0 Å². The summed E-state index contributed by atoms with van der Waals surface area (Å²) in [5.74, 6) is 0.552. The SMILES string of the molecule is CN1CCC(CN(C)C(=O)c2ccc(N)cc2N)CC1. The topological polar surface area (TPSA) is 75.6 Å². The lowest BCUT2D eigenvalue weighted by Gasteiger charge is -2.31. The zero-order valence-corrected chi connectivity index (χ0v) is 12.3. The number of nitrogens with zero attached hydrogens (tertiary/aromatic N) is 2. The van der Waals surface area contributed by atoms with Crippen molar-refractivity contribution >= 4 is 17.3 Å². The minimum Gasteiger partial charge on any atom is -0.399 e. The number of likely N-dealkylation sites (tertiary alicyclic amines) is 1. The summed E-state index contributed by atoms with van der Waals surface area (Å²) in [5.41, 5.74) is 13.1. The smallest absolute Gasteiger partial charge is 0.255 e. The number of rotatable bonds is 3. The van der Waals surface area contributed by atoms with Gasteiger partial charge in [0.2, 0.25) is 0 Å². The third-order valence-corrected chi connectivity index (χ3v) is 4.02. The summed E-state index contributed by atoms with van der Waals surface area (Å²) < 4.78 is 0. The summed E-state index contributed by atoms with van der Waals surface area (Å²) >= 11 is 0. The quantitative estimate of drug-likeness (QED) is 0.815. The van der Waals surface area contributed by atoms with Crippen molar-refractivity contribution in [3.63, 3.8) is 0 Å². The fourth-order valence-electron chi connectivity index (χ4n) is 2.70. The van der Waals surface area contributed by atoms with Crippen LogP contribution >= 0.6 is 0 Å². The predicted molar refractivity (Wildman–Crippen MR) is 82.4 cm³/mol. The molecule has 0 spiro atoms. The maximum atomic E-state index is 12.4. The van der Waals surface area contributed by atoms with E-state index in [0.29, 0.717) is 22.9 Å². The first-order valence-electron chi connectivity index (χ1n) is 7.06. The van der Waals surface area contributed by atoms with Gasteiger partial charge in [-0.1, -0.05) is 0 Å². The Hall–Kier alpha value is -1.75. The summed E-state index contributed by atoms with van der Waals surface area (Å²) in [6.45, 7) is 3.00. The van der Waals surface area contributed by atoms with Crippen LogP contribution in [0.15, 0.2) is 18.2 Å². The van der Waals surface area contributed by atoms with E-state index in [4.69, 9.17) is 11.5 Å². The number of amides is 1. The molecule has 1 aliphatic rings. The molecule has 1 aromatic rings. The molecule has 2 rings (SSSR count). The number of benzene rings is 1. The van der Waals surface area contributed by atoms with E-state index < -0.39 is 0 Å². The van der Waals surface area contributed by atoms with Crippen molar-refractivity contribution in [3.05, 3.63) is 23.8 Å². The van der Waals surface area contributed by atoms with E-state index in [-0.39, 0.29) is 5.91 Å². The van der Waals surface area contributed by atoms with Crippen LogP contribution in [-0.2, 0) is 0 Å². The Morgan fingerprint density at radius 2 is 2.00 bits per heavy atom. The van der Waals surface area contributed by atoms with Gasteiger partial charge in [-0.05, 0) is 57.1 Å². The van der Waals surface area contributed by atoms with Gasteiger partial charge in [-0.2, -0.15) is 0 Å². The Kier molecular flexibility index (Phi) is 4.49. The van der Waals surface area contributed by atoms with Crippen LogP contribution in [0.4, 0.5) is 11.4 Å². The van der Waals surface area contributed by atoms with Crippen LogP contribution in [0, 0.1) is 5.92 Å². The molecule has 0 aromatic heterocycles. The monoisotopic (exact) mass is 276 g/mol. The molecule has 0 bridgehead atoms. The largest absolute Gasteiger partial charge is 0.399 e. The maximum Gasteiger partial charge on any atom is 0.255 e. The molecule has 1 aliphatic heterocycles. The first-order chi connectivity index (χ1) is 9.47. The molecule has 0 saturated carbocycles. The van der Waals surface area contributed by atoms with Crippen LogP contribution in [0.2, 0.25) is 0 Å². The minimum absolute atomic E-state index is 0.0265. The van der Waals surface area contributed by atoms with Gasteiger partial charge in [0.05, 0.1) is 5.56 Å². The van der Waals surface area contributed by atoms with Crippen molar-refractivity contribution in [1.82, 2.24) is 9.80 Å². The zero-order chi connectivity index (χ0) is 14.7. The van der Waals surface area contributed by atoms with Crippen LogP contribution in [-0.4, -0.2) is 49.4 Å². The van der Waals surface area contributed by atoms with Crippen LogP contribution in [0.5, 0.6) is 0 Å². The lowest BCUT2D eigenvalue weighted by Crippen LogP contribution is -2.38. The Bertz CT molecular complexity index is 481. The highest BCUT2D eigenvalue weighted by Gasteiger charge is 2.21. The molecule has 1 amide bonds. The molecule has 0 radical (unpaired) electrons. The van der Waals surface area contributed by atoms with Crippen molar-refractivity contribution in [2.24, 2.45) is 5.92 Å². The highest BCUT2D eigenvalue weighted by Crippen LogP contribution is 2.20. The molecule has 0 unspecified atom stereocenters. The van der Waals surface area contributed by atoms with Crippen LogP contribution in [0.25, 0.3) is 0 Å². The molecular weight excluding hydrogens is 252 g/mol. The van der Waals surface area contributed by atoms with E-state index in [0.717, 1.165) is 32.5 Å². The number of nitrogens with two attached hydrogens (primary N) is 2. The van der Waals surface area contributed by atoms with Crippen molar-refractivity contribution in [1.29, 1.82) is 0 Å². The number of piperidine rings is 1. The normalized spacial score (nSPS) is 17.1. The molecule has 4 N–H and O–H groups in total. The minimum atomic E-state index is -0.0265. The number of nitrogen functional groups attached to an aromatic ring is 2. The third-order valence-electron chi connectivity index (χ3n) is 4.02. The highest BCUT2D eigenvalue weighted by molar-refractivity contribution is 5.99. The molecule has 1 fully saturated rings. The maximum absolute atomic E-state index is 12.4. The standard InChI is InChI=1S/C15H24N4O/c1-18-7-5-11(6-8-18)10-19(2)15(20)13-4-3-12(16)9-14(13)17/h3-4,9,11H,5-8,10,16-17H2,1-2H3. The van der Waals surface area contributed by atoms with Gasteiger partial charge in [0, 0.05) is 25.0 Å². The van der Waals surface area contributed by atoms with E-state index in [9.17, 15) is 4.79 Å². The molecule has 1 heterocycles. The highest BCUT2D eigenvalue weighted by atomic mass is 16.2.